The van der Waals surface area contributed by atoms with Gasteiger partial charge in [0.15, 0.2) is 0 Å². The van der Waals surface area contributed by atoms with E-state index in [1.54, 1.807) is 17.8 Å². The topological polar surface area (TPSA) is 86.7 Å². The Hall–Kier alpha value is -3.23. The fourth-order valence-corrected chi connectivity index (χ4v) is 7.67. The molecule has 2 atom stereocenters. The van der Waals surface area contributed by atoms with E-state index < -0.39 is 17.9 Å². The Morgan fingerprint density at radius 2 is 1.67 bits per heavy atom. The van der Waals surface area contributed by atoms with Gasteiger partial charge in [-0.1, -0.05) is 87.6 Å². The molecule has 1 unspecified atom stereocenters. The molecule has 246 valence electrons. The van der Waals surface area contributed by atoms with Crippen LogP contribution in [0.15, 0.2) is 72.8 Å². The molecule has 2 N–H and O–H groups in total. The standard InChI is InChI=1S/C38H48N2O4S2/c1-4-46-26-31(23-28-14-7-5-8-15-28)40(37(42)30-16-9-6-10-17-30)25-29-19-20-33(34(24-29)32-18-12-11-13-27(32)2)36(41)39-35(38(43)44)21-22-45-3/h6,9-13,16-20,24,28,31,35H,4-5,7-8,14-15,21-23,25-26H2,1-3H3,(H,39,41)(H,43,44)/t31?,35-/m0/s1. The molecular weight excluding hydrogens is 613 g/mol. The number of hydrogen-bond acceptors (Lipinski definition) is 5. The third kappa shape index (κ3) is 9.88. The maximum atomic E-state index is 14.2. The van der Waals surface area contributed by atoms with Gasteiger partial charge in [0, 0.05) is 29.5 Å². The van der Waals surface area contributed by atoms with Crippen molar-refractivity contribution < 1.29 is 19.5 Å². The number of amides is 2. The highest BCUT2D eigenvalue weighted by atomic mass is 32.2. The van der Waals surface area contributed by atoms with E-state index in [-0.39, 0.29) is 11.9 Å². The number of carboxylic acid groups (broad SMARTS) is 1. The van der Waals surface area contributed by atoms with Gasteiger partial charge in [-0.3, -0.25) is 9.59 Å². The number of nitrogens with zero attached hydrogens (tertiary/aromatic N) is 1. The van der Waals surface area contributed by atoms with Gasteiger partial charge in [-0.25, -0.2) is 4.79 Å². The SMILES string of the molecule is CCSCC(CC1CCCCC1)N(Cc1ccc(C(=O)N[C@@H](CCSC)C(=O)O)c(-c2ccccc2C)c1)C(=O)c1ccccc1. The Morgan fingerprint density at radius 1 is 0.957 bits per heavy atom. The summed E-state index contributed by atoms with van der Waals surface area (Å²) >= 11 is 3.43. The van der Waals surface area contributed by atoms with Gasteiger partial charge < -0.3 is 15.3 Å². The summed E-state index contributed by atoms with van der Waals surface area (Å²) < 4.78 is 0. The van der Waals surface area contributed by atoms with Gasteiger partial charge in [-0.15, -0.1) is 0 Å². The average molecular weight is 661 g/mol. The smallest absolute Gasteiger partial charge is 0.326 e. The summed E-state index contributed by atoms with van der Waals surface area (Å²) in [5.74, 6) is 1.68. The summed E-state index contributed by atoms with van der Waals surface area (Å²) in [4.78, 5) is 41.9. The first kappa shape index (κ1) is 35.6. The fraction of sp³-hybridized carbons (Fsp3) is 0.447. The van der Waals surface area contributed by atoms with Gasteiger partial charge in [-0.2, -0.15) is 23.5 Å². The molecule has 0 aliphatic heterocycles. The molecule has 8 heteroatoms. The Bertz CT molecular complexity index is 1440. The minimum absolute atomic E-state index is 0.0236. The highest BCUT2D eigenvalue weighted by molar-refractivity contribution is 7.99. The zero-order valence-corrected chi connectivity index (χ0v) is 29.0. The second kappa shape index (κ2) is 18.2. The zero-order valence-electron chi connectivity index (χ0n) is 27.4. The first-order valence-corrected chi connectivity index (χ1v) is 19.0. The lowest BCUT2D eigenvalue weighted by Crippen LogP contribution is -2.43. The van der Waals surface area contributed by atoms with Crippen molar-refractivity contribution in [2.75, 3.05) is 23.5 Å². The minimum atomic E-state index is -1.04. The van der Waals surface area contributed by atoms with Gasteiger partial charge in [-0.05, 0) is 90.0 Å². The van der Waals surface area contributed by atoms with Crippen LogP contribution in [-0.4, -0.2) is 63.4 Å². The quantitative estimate of drug-likeness (QED) is 0.161. The van der Waals surface area contributed by atoms with Crippen LogP contribution in [0.1, 0.15) is 83.7 Å². The lowest BCUT2D eigenvalue weighted by molar-refractivity contribution is -0.139. The van der Waals surface area contributed by atoms with E-state index >= 15 is 0 Å². The Balaban J connectivity index is 1.73. The number of benzene rings is 3. The van der Waals surface area contributed by atoms with Crippen LogP contribution in [0.25, 0.3) is 11.1 Å². The molecule has 0 heterocycles. The second-order valence-electron chi connectivity index (χ2n) is 12.2. The van der Waals surface area contributed by atoms with Crippen molar-refractivity contribution in [1.29, 1.82) is 0 Å². The van der Waals surface area contributed by atoms with Crippen LogP contribution in [0.3, 0.4) is 0 Å². The maximum Gasteiger partial charge on any atom is 0.326 e. The van der Waals surface area contributed by atoms with Crippen molar-refractivity contribution in [3.8, 4) is 11.1 Å². The van der Waals surface area contributed by atoms with Gasteiger partial charge in [0.05, 0.1) is 0 Å². The Morgan fingerprint density at radius 3 is 2.35 bits per heavy atom. The summed E-state index contributed by atoms with van der Waals surface area (Å²) in [6.07, 6.45) is 9.50. The number of aliphatic carboxylic acids is 1. The summed E-state index contributed by atoms with van der Waals surface area (Å²) in [7, 11) is 0. The highest BCUT2D eigenvalue weighted by Gasteiger charge is 2.29. The molecule has 6 nitrogen and oxygen atoms in total. The summed E-state index contributed by atoms with van der Waals surface area (Å²) in [6, 6.07) is 22.3. The molecule has 1 fully saturated rings. The lowest BCUT2D eigenvalue weighted by atomic mass is 9.84. The van der Waals surface area contributed by atoms with E-state index in [9.17, 15) is 19.5 Å². The van der Waals surface area contributed by atoms with Gasteiger partial charge in [0.2, 0.25) is 0 Å². The van der Waals surface area contributed by atoms with Crippen LogP contribution in [0.2, 0.25) is 0 Å². The molecule has 0 saturated heterocycles. The van der Waals surface area contributed by atoms with Gasteiger partial charge in [0.1, 0.15) is 6.04 Å². The largest absolute Gasteiger partial charge is 0.480 e. The van der Waals surface area contributed by atoms with Gasteiger partial charge >= 0.3 is 5.97 Å². The number of thioether (sulfide) groups is 2. The molecular formula is C38H48N2O4S2. The predicted octanol–water partition coefficient (Wildman–Crippen LogP) is 8.33. The van der Waals surface area contributed by atoms with E-state index in [2.05, 4.69) is 17.1 Å². The molecule has 0 bridgehead atoms. The number of carbonyl (C=O) groups is 3. The number of nitrogens with one attached hydrogen (secondary N) is 1. The molecule has 1 aliphatic rings. The van der Waals surface area contributed by atoms with Crippen LogP contribution in [0.5, 0.6) is 0 Å². The molecule has 46 heavy (non-hydrogen) atoms. The van der Waals surface area contributed by atoms with Crippen molar-refractivity contribution in [2.45, 2.75) is 77.4 Å². The van der Waals surface area contributed by atoms with Crippen LogP contribution in [0.4, 0.5) is 0 Å². The van der Waals surface area contributed by atoms with E-state index in [4.69, 9.17) is 0 Å². The summed E-state index contributed by atoms with van der Waals surface area (Å²) in [5, 5.41) is 12.5. The van der Waals surface area contributed by atoms with Crippen LogP contribution in [-0.2, 0) is 11.3 Å². The molecule has 1 saturated carbocycles. The van der Waals surface area contributed by atoms with E-state index in [1.165, 1.54) is 32.1 Å². The number of hydrogen-bond donors (Lipinski definition) is 2. The highest BCUT2D eigenvalue weighted by Crippen LogP contribution is 2.33. The van der Waals surface area contributed by atoms with Gasteiger partial charge in [0.25, 0.3) is 11.8 Å². The Kier molecular flexibility index (Phi) is 14.1. The van der Waals surface area contributed by atoms with Crippen molar-refractivity contribution in [1.82, 2.24) is 10.2 Å². The molecule has 4 rings (SSSR count). The monoisotopic (exact) mass is 660 g/mol. The zero-order chi connectivity index (χ0) is 32.9. The number of rotatable bonds is 16. The Labute approximate surface area is 283 Å². The maximum absolute atomic E-state index is 14.2. The molecule has 0 aromatic heterocycles. The van der Waals surface area contributed by atoms with Crippen molar-refractivity contribution >= 4 is 41.3 Å². The fourth-order valence-electron chi connectivity index (χ4n) is 6.37. The average Bonchev–Trinajstić information content (AvgIpc) is 3.08. The normalized spacial score (nSPS) is 14.8. The van der Waals surface area contributed by atoms with E-state index in [0.717, 1.165) is 40.2 Å². The third-order valence-corrected chi connectivity index (χ3v) is 10.6. The van der Waals surface area contributed by atoms with E-state index in [0.29, 0.717) is 35.8 Å². The van der Waals surface area contributed by atoms with Crippen molar-refractivity contribution in [3.05, 3.63) is 95.1 Å². The molecule has 2 amide bonds. The number of carbonyl (C=O) groups excluding carboxylic acids is 2. The van der Waals surface area contributed by atoms with Crippen LogP contribution >= 0.6 is 23.5 Å². The summed E-state index contributed by atoms with van der Waals surface area (Å²) in [5.41, 5.74) is 4.70. The lowest BCUT2D eigenvalue weighted by Gasteiger charge is -2.35. The molecule has 0 spiro atoms. The second-order valence-corrected chi connectivity index (χ2v) is 14.5. The molecule has 3 aromatic carbocycles. The third-order valence-electron chi connectivity index (χ3n) is 8.90. The first-order valence-electron chi connectivity index (χ1n) is 16.5. The van der Waals surface area contributed by atoms with Crippen molar-refractivity contribution in [3.63, 3.8) is 0 Å². The predicted molar refractivity (Wildman–Crippen MR) is 193 cm³/mol. The minimum Gasteiger partial charge on any atom is -0.480 e. The first-order chi connectivity index (χ1) is 22.3. The molecule has 3 aromatic rings. The molecule has 0 radical (unpaired) electrons. The van der Waals surface area contributed by atoms with E-state index in [1.807, 2.05) is 91.7 Å². The summed E-state index contributed by atoms with van der Waals surface area (Å²) in [6.45, 7) is 4.59. The van der Waals surface area contributed by atoms with Crippen LogP contribution in [0, 0.1) is 12.8 Å². The molecule has 1 aliphatic carbocycles. The van der Waals surface area contributed by atoms with Crippen molar-refractivity contribution in [2.24, 2.45) is 5.92 Å². The van der Waals surface area contributed by atoms with Crippen LogP contribution < -0.4 is 5.32 Å². The number of carboxylic acids is 1. The number of aryl methyl sites for hydroxylation is 1.